The Morgan fingerprint density at radius 2 is 2.00 bits per heavy atom. The van der Waals surface area contributed by atoms with E-state index < -0.39 is 48.4 Å². The van der Waals surface area contributed by atoms with E-state index in [1.165, 1.54) is 24.3 Å². The summed E-state index contributed by atoms with van der Waals surface area (Å²) in [6.45, 7) is 2.03. The van der Waals surface area contributed by atoms with Crippen LogP contribution < -0.4 is 5.32 Å². The number of nitrogens with one attached hydrogen (secondary N) is 1. The summed E-state index contributed by atoms with van der Waals surface area (Å²) in [6.07, 6.45) is -1.99. The van der Waals surface area contributed by atoms with Gasteiger partial charge >= 0.3 is 12.1 Å². The Labute approximate surface area is 203 Å². The number of amidine groups is 1. The second-order valence-corrected chi connectivity index (χ2v) is 8.67. The van der Waals surface area contributed by atoms with E-state index in [1.54, 1.807) is 19.9 Å². The van der Waals surface area contributed by atoms with Crippen LogP contribution in [0.2, 0.25) is 0 Å². The lowest BCUT2D eigenvalue weighted by Crippen LogP contribution is -2.46. The number of aryl methyl sites for hydroxylation is 1. The Morgan fingerprint density at radius 3 is 2.58 bits per heavy atom. The van der Waals surface area contributed by atoms with E-state index in [-0.39, 0.29) is 29.5 Å². The Morgan fingerprint density at radius 1 is 1.31 bits per heavy atom. The molecule has 13 heteroatoms. The van der Waals surface area contributed by atoms with Gasteiger partial charge in [0.05, 0.1) is 19.4 Å². The van der Waals surface area contributed by atoms with Gasteiger partial charge in [-0.2, -0.15) is 0 Å². The third kappa shape index (κ3) is 4.91. The number of carbonyl (C=O) groups excluding carboxylic acids is 1. The number of hydrogen-bond acceptors (Lipinski definition) is 9. The molecule has 1 aromatic heterocycles. The minimum Gasteiger partial charge on any atom is -0.480 e. The average molecular weight is 508 g/mol. The van der Waals surface area contributed by atoms with Crippen LogP contribution in [0.15, 0.2) is 51.3 Å². The molecule has 2 atom stereocenters. The lowest BCUT2D eigenvalue weighted by Gasteiger charge is -2.36. The standard InChI is InChI=1S/C23H23F3N4O6/c1-12-8-15(29-36-12)19-27-16(10-30-11-23(25,26)9-17(30)20(31)32)18(35-21(33)34-3)22(2,28-19)13-4-6-14(24)7-5-13/h4-8,17H,9-11H2,1-3H3,(H,27,28)(H,31,32)/t17-,22?/m0/s1. The average Bonchev–Trinajstić information content (AvgIpc) is 3.38. The first-order valence-electron chi connectivity index (χ1n) is 10.8. The van der Waals surface area contributed by atoms with Gasteiger partial charge in [0, 0.05) is 19.0 Å². The van der Waals surface area contributed by atoms with Crippen molar-refractivity contribution in [2.24, 2.45) is 4.99 Å². The number of aliphatic imine (C=N–C) groups is 1. The fourth-order valence-electron chi connectivity index (χ4n) is 4.26. The SMILES string of the molecule is COC(=O)OC1=C(CN2CC(F)(F)C[C@H]2C(=O)O)NC(c2cc(C)on2)=NC1(C)c1ccc(F)cc1. The Balaban J connectivity index is 1.86. The normalized spacial score (nSPS) is 23.7. The van der Waals surface area contributed by atoms with E-state index in [9.17, 15) is 27.9 Å². The summed E-state index contributed by atoms with van der Waals surface area (Å²) in [5, 5.41) is 16.4. The van der Waals surface area contributed by atoms with Crippen molar-refractivity contribution < 1.29 is 41.9 Å². The number of aliphatic carboxylic acids is 1. The summed E-state index contributed by atoms with van der Waals surface area (Å²) in [7, 11) is 1.09. The van der Waals surface area contributed by atoms with Crippen molar-refractivity contribution in [3.05, 3.63) is 64.6 Å². The number of methoxy groups -OCH3 is 1. The van der Waals surface area contributed by atoms with Gasteiger partial charge in [0.15, 0.2) is 11.6 Å². The number of aromatic nitrogens is 1. The zero-order valence-electron chi connectivity index (χ0n) is 19.5. The van der Waals surface area contributed by atoms with Crippen LogP contribution in [0.25, 0.3) is 0 Å². The monoisotopic (exact) mass is 508 g/mol. The molecule has 2 aliphatic rings. The molecular formula is C23H23F3N4O6. The van der Waals surface area contributed by atoms with Crippen molar-refractivity contribution in [1.82, 2.24) is 15.4 Å². The number of ether oxygens (including phenoxy) is 2. The van der Waals surface area contributed by atoms with Crippen LogP contribution in [0.5, 0.6) is 0 Å². The van der Waals surface area contributed by atoms with Crippen LogP contribution in [0, 0.1) is 12.7 Å². The van der Waals surface area contributed by atoms with Gasteiger partial charge in [0.2, 0.25) is 0 Å². The van der Waals surface area contributed by atoms with Gasteiger partial charge in [-0.05, 0) is 31.5 Å². The summed E-state index contributed by atoms with van der Waals surface area (Å²) in [5.74, 6) is -4.70. The van der Waals surface area contributed by atoms with Crippen LogP contribution in [0.1, 0.15) is 30.4 Å². The number of benzene rings is 1. The van der Waals surface area contributed by atoms with Crippen molar-refractivity contribution in [2.45, 2.75) is 37.8 Å². The van der Waals surface area contributed by atoms with Gasteiger partial charge in [-0.1, -0.05) is 17.3 Å². The fraction of sp³-hybridized carbons (Fsp3) is 0.391. The summed E-state index contributed by atoms with van der Waals surface area (Å²) in [5.41, 5.74) is -0.772. The number of alkyl halides is 2. The molecule has 1 unspecified atom stereocenters. The number of rotatable bonds is 6. The second-order valence-electron chi connectivity index (χ2n) is 8.67. The number of nitrogens with zero attached hydrogens (tertiary/aromatic N) is 3. The lowest BCUT2D eigenvalue weighted by molar-refractivity contribution is -0.142. The predicted octanol–water partition coefficient (Wildman–Crippen LogP) is 3.18. The van der Waals surface area contributed by atoms with Crippen molar-refractivity contribution in [3.8, 4) is 0 Å². The molecule has 1 aromatic carbocycles. The molecule has 2 N–H and O–H groups in total. The van der Waals surface area contributed by atoms with E-state index >= 15 is 0 Å². The molecule has 36 heavy (non-hydrogen) atoms. The van der Waals surface area contributed by atoms with Crippen molar-refractivity contribution in [1.29, 1.82) is 0 Å². The predicted molar refractivity (Wildman–Crippen MR) is 118 cm³/mol. The molecule has 1 fully saturated rings. The molecule has 0 spiro atoms. The Hall–Kier alpha value is -3.87. The minimum absolute atomic E-state index is 0.0711. The maximum absolute atomic E-state index is 14.2. The molecule has 192 valence electrons. The molecule has 3 heterocycles. The molecule has 4 rings (SSSR count). The van der Waals surface area contributed by atoms with Gasteiger partial charge in [-0.3, -0.25) is 9.69 Å². The highest BCUT2D eigenvalue weighted by Gasteiger charge is 2.50. The van der Waals surface area contributed by atoms with E-state index in [4.69, 9.17) is 9.26 Å². The smallest absolute Gasteiger partial charge is 0.480 e. The second kappa shape index (κ2) is 9.30. The largest absolute Gasteiger partial charge is 0.513 e. The minimum atomic E-state index is -3.23. The van der Waals surface area contributed by atoms with E-state index in [0.717, 1.165) is 12.0 Å². The maximum atomic E-state index is 14.2. The molecule has 0 amide bonds. The molecule has 0 radical (unpaired) electrons. The van der Waals surface area contributed by atoms with Crippen molar-refractivity contribution in [3.63, 3.8) is 0 Å². The number of carbonyl (C=O) groups is 2. The number of carboxylic acids is 1. The Bertz CT molecular complexity index is 1240. The Kier molecular flexibility index (Phi) is 6.52. The fourth-order valence-corrected chi connectivity index (χ4v) is 4.26. The van der Waals surface area contributed by atoms with E-state index in [2.05, 4.69) is 20.2 Å². The lowest BCUT2D eigenvalue weighted by atomic mass is 9.87. The molecule has 1 saturated heterocycles. The van der Waals surface area contributed by atoms with E-state index in [1.807, 2.05) is 0 Å². The molecular weight excluding hydrogens is 485 g/mol. The molecule has 0 bridgehead atoms. The topological polar surface area (TPSA) is 126 Å². The van der Waals surface area contributed by atoms with Crippen LogP contribution in [-0.2, 0) is 19.8 Å². The van der Waals surface area contributed by atoms with Gasteiger partial charge < -0.3 is 24.4 Å². The van der Waals surface area contributed by atoms with Crippen LogP contribution in [-0.4, -0.2) is 65.3 Å². The number of hydrogen-bond donors (Lipinski definition) is 2. The summed E-state index contributed by atoms with van der Waals surface area (Å²) in [4.78, 5) is 29.6. The first-order valence-corrected chi connectivity index (χ1v) is 10.8. The zero-order valence-corrected chi connectivity index (χ0v) is 19.5. The summed E-state index contributed by atoms with van der Waals surface area (Å²) >= 11 is 0. The maximum Gasteiger partial charge on any atom is 0.513 e. The van der Waals surface area contributed by atoms with Gasteiger partial charge in [-0.15, -0.1) is 0 Å². The van der Waals surface area contributed by atoms with E-state index in [0.29, 0.717) is 11.3 Å². The third-order valence-corrected chi connectivity index (χ3v) is 5.96. The highest BCUT2D eigenvalue weighted by molar-refractivity contribution is 5.99. The first-order chi connectivity index (χ1) is 16.9. The zero-order chi connectivity index (χ0) is 26.3. The van der Waals surface area contributed by atoms with Crippen molar-refractivity contribution in [2.75, 3.05) is 20.2 Å². The quantitative estimate of drug-likeness (QED) is 0.566. The molecule has 2 aliphatic heterocycles. The highest BCUT2D eigenvalue weighted by atomic mass is 19.3. The number of likely N-dealkylation sites (tertiary alicyclic amines) is 1. The van der Waals surface area contributed by atoms with Crippen LogP contribution in [0.4, 0.5) is 18.0 Å². The highest BCUT2D eigenvalue weighted by Crippen LogP contribution is 2.40. The number of halogens is 3. The number of carboxylic acid groups (broad SMARTS) is 1. The molecule has 0 aliphatic carbocycles. The van der Waals surface area contributed by atoms with Gasteiger partial charge in [0.1, 0.15) is 28.9 Å². The third-order valence-electron chi connectivity index (χ3n) is 5.96. The summed E-state index contributed by atoms with van der Waals surface area (Å²) < 4.78 is 57.3. The first kappa shape index (κ1) is 25.2. The van der Waals surface area contributed by atoms with Gasteiger partial charge in [0.25, 0.3) is 5.92 Å². The van der Waals surface area contributed by atoms with Crippen molar-refractivity contribution >= 4 is 18.0 Å². The van der Waals surface area contributed by atoms with Crippen LogP contribution in [0.3, 0.4) is 0 Å². The molecule has 0 saturated carbocycles. The summed E-state index contributed by atoms with van der Waals surface area (Å²) in [6, 6.07) is 5.33. The van der Waals surface area contributed by atoms with Gasteiger partial charge in [-0.25, -0.2) is 23.0 Å². The van der Waals surface area contributed by atoms with Crippen LogP contribution >= 0.6 is 0 Å². The molecule has 10 nitrogen and oxygen atoms in total. The molecule has 2 aromatic rings.